The first kappa shape index (κ1) is 64.3. The quantitative estimate of drug-likeness (QED) is 0.0262. The predicted octanol–water partition coefficient (Wildman–Crippen LogP) is 18.9. The highest BCUT2D eigenvalue weighted by atomic mass is 16.6. The van der Waals surface area contributed by atoms with E-state index < -0.39 is 6.10 Å². The third-order valence-corrected chi connectivity index (χ3v) is 11.8. The molecule has 0 N–H and O–H groups in total. The summed E-state index contributed by atoms with van der Waals surface area (Å²) >= 11 is 0. The fraction of sp³-hybridized carbons (Fsp3) is 0.694. The van der Waals surface area contributed by atoms with E-state index in [1.165, 1.54) is 122 Å². The number of hydrogen-bond acceptors (Lipinski definition) is 6. The zero-order chi connectivity index (χ0) is 49.3. The van der Waals surface area contributed by atoms with Gasteiger partial charge in [0, 0.05) is 19.3 Å². The molecule has 388 valence electrons. The van der Waals surface area contributed by atoms with Gasteiger partial charge in [0.25, 0.3) is 0 Å². The van der Waals surface area contributed by atoms with E-state index in [-0.39, 0.29) is 37.5 Å². The fourth-order valence-electron chi connectivity index (χ4n) is 7.57. The van der Waals surface area contributed by atoms with Crippen molar-refractivity contribution in [1.82, 2.24) is 0 Å². The number of hydrogen-bond donors (Lipinski definition) is 0. The van der Waals surface area contributed by atoms with Crippen LogP contribution in [-0.4, -0.2) is 37.2 Å². The maximum atomic E-state index is 12.8. The summed E-state index contributed by atoms with van der Waals surface area (Å²) in [5.41, 5.74) is 0. The average molecular weight is 946 g/mol. The minimum atomic E-state index is -0.814. The van der Waals surface area contributed by atoms with Gasteiger partial charge in [0.2, 0.25) is 0 Å². The van der Waals surface area contributed by atoms with Crippen LogP contribution in [0.25, 0.3) is 0 Å². The Labute approximate surface area is 419 Å². The molecule has 0 amide bonds. The van der Waals surface area contributed by atoms with Gasteiger partial charge >= 0.3 is 17.9 Å². The molecule has 0 aromatic rings. The van der Waals surface area contributed by atoms with Crippen molar-refractivity contribution in [2.45, 2.75) is 264 Å². The molecule has 0 aromatic carbocycles. The Morgan fingerprint density at radius 1 is 0.309 bits per heavy atom. The van der Waals surface area contributed by atoms with Crippen molar-refractivity contribution in [1.29, 1.82) is 0 Å². The van der Waals surface area contributed by atoms with Gasteiger partial charge in [-0.15, -0.1) is 0 Å². The van der Waals surface area contributed by atoms with Crippen LogP contribution in [0.15, 0.2) is 97.2 Å². The summed E-state index contributed by atoms with van der Waals surface area (Å²) in [6.07, 6.45) is 74.1. The second-order valence-corrected chi connectivity index (χ2v) is 18.5. The van der Waals surface area contributed by atoms with Crippen molar-refractivity contribution in [2.75, 3.05) is 13.2 Å². The summed E-state index contributed by atoms with van der Waals surface area (Å²) in [6, 6.07) is 0. The van der Waals surface area contributed by atoms with E-state index in [0.717, 1.165) is 89.9 Å². The molecule has 6 nitrogen and oxygen atoms in total. The highest BCUT2D eigenvalue weighted by Gasteiger charge is 2.19. The summed E-state index contributed by atoms with van der Waals surface area (Å²) in [6.45, 7) is 6.43. The van der Waals surface area contributed by atoms with Gasteiger partial charge in [-0.3, -0.25) is 14.4 Å². The van der Waals surface area contributed by atoms with Gasteiger partial charge < -0.3 is 14.2 Å². The zero-order valence-electron chi connectivity index (χ0n) is 44.3. The summed E-state index contributed by atoms with van der Waals surface area (Å²) in [4.78, 5) is 38.1. The second-order valence-electron chi connectivity index (χ2n) is 18.5. The number of carbonyl (C=O) groups is 3. The van der Waals surface area contributed by atoms with Crippen LogP contribution in [-0.2, 0) is 28.6 Å². The first-order valence-corrected chi connectivity index (χ1v) is 28.2. The molecular weight excluding hydrogens is 841 g/mol. The average Bonchev–Trinajstić information content (AvgIpc) is 3.34. The topological polar surface area (TPSA) is 78.9 Å². The van der Waals surface area contributed by atoms with E-state index in [1.54, 1.807) is 0 Å². The molecule has 0 aliphatic rings. The Morgan fingerprint density at radius 2 is 0.603 bits per heavy atom. The van der Waals surface area contributed by atoms with Crippen molar-refractivity contribution in [3.8, 4) is 0 Å². The predicted molar refractivity (Wildman–Crippen MR) is 293 cm³/mol. The highest BCUT2D eigenvalue weighted by molar-refractivity contribution is 5.71. The first-order chi connectivity index (χ1) is 33.5. The minimum absolute atomic E-state index is 0.107. The van der Waals surface area contributed by atoms with E-state index in [0.29, 0.717) is 19.3 Å². The molecule has 0 fully saturated rings. The van der Waals surface area contributed by atoms with Crippen molar-refractivity contribution in [2.24, 2.45) is 0 Å². The number of carbonyl (C=O) groups excluding carboxylic acids is 3. The van der Waals surface area contributed by atoms with E-state index in [2.05, 4.69) is 112 Å². The standard InChI is InChI=1S/C62H104O6/c1-4-7-10-13-16-19-22-25-27-29-31-33-35-37-40-43-46-49-52-55-61(64)67-58-59(57-66-60(63)54-51-48-45-42-39-24-21-18-15-12-9-6-3)68-62(65)56-53-50-47-44-41-38-36-34-32-30-28-26-23-20-17-14-11-8-5-2/h7,10,16,18-19,21,25,27,30-33,37,40,46,49,59H,4-6,8-9,11-15,17,20,22-24,26,28-29,34-36,38-39,41-45,47-48,50-58H2,1-3H3/b10-7-,19-16-,21-18-,27-25-,32-30-,33-31-,40-37-,49-46-. The lowest BCUT2D eigenvalue weighted by atomic mass is 10.1. The van der Waals surface area contributed by atoms with Gasteiger partial charge in [0.15, 0.2) is 6.10 Å². The van der Waals surface area contributed by atoms with Crippen molar-refractivity contribution < 1.29 is 28.6 Å². The van der Waals surface area contributed by atoms with Crippen LogP contribution < -0.4 is 0 Å². The molecule has 0 saturated heterocycles. The maximum absolute atomic E-state index is 12.8. The van der Waals surface area contributed by atoms with Crippen LogP contribution >= 0.6 is 0 Å². The summed E-state index contributed by atoms with van der Waals surface area (Å²) < 4.78 is 16.8. The molecule has 0 bridgehead atoms. The number of esters is 3. The monoisotopic (exact) mass is 945 g/mol. The lowest BCUT2D eigenvalue weighted by molar-refractivity contribution is -0.166. The molecule has 0 saturated carbocycles. The third kappa shape index (κ3) is 53.3. The number of allylic oxidation sites excluding steroid dienone is 16. The molecule has 6 heteroatoms. The van der Waals surface area contributed by atoms with Gasteiger partial charge in [-0.25, -0.2) is 0 Å². The molecule has 0 spiro atoms. The maximum Gasteiger partial charge on any atom is 0.306 e. The summed E-state index contributed by atoms with van der Waals surface area (Å²) in [7, 11) is 0. The van der Waals surface area contributed by atoms with Crippen molar-refractivity contribution in [3.05, 3.63) is 97.2 Å². The number of ether oxygens (including phenoxy) is 3. The van der Waals surface area contributed by atoms with Gasteiger partial charge in [0.05, 0.1) is 0 Å². The van der Waals surface area contributed by atoms with Crippen molar-refractivity contribution >= 4 is 17.9 Å². The molecule has 0 aromatic heterocycles. The van der Waals surface area contributed by atoms with Crippen LogP contribution in [0.2, 0.25) is 0 Å². The molecule has 68 heavy (non-hydrogen) atoms. The molecule has 1 atom stereocenters. The molecule has 0 heterocycles. The molecule has 0 radical (unpaired) electrons. The van der Waals surface area contributed by atoms with E-state index in [4.69, 9.17) is 14.2 Å². The van der Waals surface area contributed by atoms with Gasteiger partial charge in [-0.1, -0.05) is 227 Å². The first-order valence-electron chi connectivity index (χ1n) is 28.2. The molecule has 1 unspecified atom stereocenters. The lowest BCUT2D eigenvalue weighted by Gasteiger charge is -2.18. The summed E-state index contributed by atoms with van der Waals surface area (Å²) in [5.74, 6) is -1.01. The van der Waals surface area contributed by atoms with Gasteiger partial charge in [-0.05, 0) is 109 Å². The number of unbranched alkanes of at least 4 members (excludes halogenated alkanes) is 23. The largest absolute Gasteiger partial charge is 0.462 e. The summed E-state index contributed by atoms with van der Waals surface area (Å²) in [5, 5.41) is 0. The lowest BCUT2D eigenvalue weighted by Crippen LogP contribution is -2.30. The van der Waals surface area contributed by atoms with Crippen LogP contribution in [0, 0.1) is 0 Å². The van der Waals surface area contributed by atoms with E-state index in [9.17, 15) is 14.4 Å². The Bertz CT molecular complexity index is 1360. The second kappa shape index (κ2) is 55.9. The molecule has 0 aliphatic carbocycles. The number of rotatable bonds is 50. The van der Waals surface area contributed by atoms with Crippen LogP contribution in [0.3, 0.4) is 0 Å². The Hall–Kier alpha value is -3.67. The Kier molecular flexibility index (Phi) is 52.9. The van der Waals surface area contributed by atoms with Crippen LogP contribution in [0.1, 0.15) is 258 Å². The van der Waals surface area contributed by atoms with E-state index in [1.807, 2.05) is 6.08 Å². The Morgan fingerprint density at radius 3 is 1.01 bits per heavy atom. The smallest absolute Gasteiger partial charge is 0.306 e. The molecular formula is C62H104O6. The highest BCUT2D eigenvalue weighted by Crippen LogP contribution is 2.14. The van der Waals surface area contributed by atoms with Crippen LogP contribution in [0.4, 0.5) is 0 Å². The third-order valence-electron chi connectivity index (χ3n) is 11.8. The van der Waals surface area contributed by atoms with Crippen LogP contribution in [0.5, 0.6) is 0 Å². The molecule has 0 aliphatic heterocycles. The SMILES string of the molecule is CC/C=C\C/C=C\C/C=C\C/C=C\C/C=C\C/C=C\CCC(=O)OCC(COC(=O)CCCCCCC/C=C\CCCCC)OC(=O)CCCCCCCCC/C=C\CCCCCCCCCC. The molecule has 0 rings (SSSR count). The Balaban J connectivity index is 4.48. The fourth-order valence-corrected chi connectivity index (χ4v) is 7.57. The van der Waals surface area contributed by atoms with Gasteiger partial charge in [0.1, 0.15) is 13.2 Å². The van der Waals surface area contributed by atoms with Crippen molar-refractivity contribution in [3.63, 3.8) is 0 Å². The van der Waals surface area contributed by atoms with E-state index >= 15 is 0 Å². The zero-order valence-corrected chi connectivity index (χ0v) is 44.3. The minimum Gasteiger partial charge on any atom is -0.462 e. The van der Waals surface area contributed by atoms with Gasteiger partial charge in [-0.2, -0.15) is 0 Å². The normalized spacial score (nSPS) is 12.8.